The van der Waals surface area contributed by atoms with Gasteiger partial charge in [0.1, 0.15) is 0 Å². The predicted octanol–water partition coefficient (Wildman–Crippen LogP) is 2.34. The number of nitrogens with zero attached hydrogens (tertiary/aromatic N) is 1. The van der Waals surface area contributed by atoms with E-state index in [0.717, 1.165) is 31.4 Å². The minimum atomic E-state index is -0.643. The molecule has 4 heteroatoms. The van der Waals surface area contributed by atoms with Crippen LogP contribution in [0.5, 0.6) is 0 Å². The Kier molecular flexibility index (Phi) is 4.10. The topological polar surface area (TPSA) is 70.6 Å². The van der Waals surface area contributed by atoms with Crippen molar-refractivity contribution in [3.63, 3.8) is 0 Å². The van der Waals surface area contributed by atoms with Gasteiger partial charge < -0.3 is 16.2 Å². The number of nitrogens with one attached hydrogen (secondary N) is 1. The van der Waals surface area contributed by atoms with Gasteiger partial charge in [-0.15, -0.1) is 0 Å². The Morgan fingerprint density at radius 1 is 1.32 bits per heavy atom. The van der Waals surface area contributed by atoms with Crippen molar-refractivity contribution in [1.82, 2.24) is 0 Å². The largest absolute Gasteiger partial charge is 0.388 e. The van der Waals surface area contributed by atoms with Gasteiger partial charge in [-0.05, 0) is 49.9 Å². The SMILES string of the molecule is Cc1ccc(NC(N)=NCC2(O)CCCC2)cc1C. The molecule has 0 spiro atoms. The third kappa shape index (κ3) is 3.70. The highest BCUT2D eigenvalue weighted by Crippen LogP contribution is 2.29. The van der Waals surface area contributed by atoms with Gasteiger partial charge in [-0.1, -0.05) is 18.9 Å². The van der Waals surface area contributed by atoms with E-state index in [1.165, 1.54) is 11.1 Å². The zero-order chi connectivity index (χ0) is 13.9. The lowest BCUT2D eigenvalue weighted by molar-refractivity contribution is 0.0575. The Labute approximate surface area is 114 Å². The Bertz CT molecular complexity index is 476. The Morgan fingerprint density at radius 3 is 2.63 bits per heavy atom. The third-order valence-corrected chi connectivity index (χ3v) is 3.86. The van der Waals surface area contributed by atoms with E-state index in [4.69, 9.17) is 5.73 Å². The molecule has 0 unspecified atom stereocenters. The molecule has 1 aromatic carbocycles. The summed E-state index contributed by atoms with van der Waals surface area (Å²) >= 11 is 0. The summed E-state index contributed by atoms with van der Waals surface area (Å²) in [5.41, 5.74) is 8.61. The zero-order valence-corrected chi connectivity index (χ0v) is 11.7. The van der Waals surface area contributed by atoms with E-state index < -0.39 is 5.60 Å². The standard InChI is InChI=1S/C15H23N3O/c1-11-5-6-13(9-12(11)2)18-14(16)17-10-15(19)7-3-4-8-15/h5-6,9,19H,3-4,7-8,10H2,1-2H3,(H3,16,17,18). The van der Waals surface area contributed by atoms with E-state index in [1.54, 1.807) is 0 Å². The minimum absolute atomic E-state index is 0.364. The fraction of sp³-hybridized carbons (Fsp3) is 0.533. The quantitative estimate of drug-likeness (QED) is 0.577. The molecule has 0 radical (unpaired) electrons. The molecule has 0 saturated heterocycles. The van der Waals surface area contributed by atoms with Crippen LogP contribution in [0.4, 0.5) is 5.69 Å². The van der Waals surface area contributed by atoms with E-state index >= 15 is 0 Å². The number of aryl methyl sites for hydroxylation is 2. The number of benzene rings is 1. The molecule has 2 rings (SSSR count). The summed E-state index contributed by atoms with van der Waals surface area (Å²) in [6.45, 7) is 4.53. The number of hydrogen-bond donors (Lipinski definition) is 3. The van der Waals surface area contributed by atoms with E-state index in [2.05, 4.69) is 30.2 Å². The van der Waals surface area contributed by atoms with Crippen LogP contribution in [0.1, 0.15) is 36.8 Å². The molecule has 4 N–H and O–H groups in total. The molecule has 0 heterocycles. The first-order chi connectivity index (χ1) is 8.98. The Hall–Kier alpha value is -1.55. The van der Waals surface area contributed by atoms with Crippen LogP contribution in [0.3, 0.4) is 0 Å². The molecule has 0 aliphatic heterocycles. The monoisotopic (exact) mass is 261 g/mol. The fourth-order valence-electron chi connectivity index (χ4n) is 2.43. The fourth-order valence-corrected chi connectivity index (χ4v) is 2.43. The molecule has 1 saturated carbocycles. The van der Waals surface area contributed by atoms with Crippen molar-refractivity contribution in [1.29, 1.82) is 0 Å². The smallest absolute Gasteiger partial charge is 0.193 e. The molecule has 19 heavy (non-hydrogen) atoms. The van der Waals surface area contributed by atoms with Crippen molar-refractivity contribution in [2.24, 2.45) is 10.7 Å². The van der Waals surface area contributed by atoms with Crippen LogP contribution in [0.2, 0.25) is 0 Å². The van der Waals surface area contributed by atoms with Crippen LogP contribution in [-0.4, -0.2) is 23.2 Å². The van der Waals surface area contributed by atoms with Gasteiger partial charge in [0.05, 0.1) is 12.1 Å². The number of nitrogens with two attached hydrogens (primary N) is 1. The average molecular weight is 261 g/mol. The second-order valence-electron chi connectivity index (χ2n) is 5.56. The number of hydrogen-bond acceptors (Lipinski definition) is 2. The van der Waals surface area contributed by atoms with Crippen LogP contribution in [0, 0.1) is 13.8 Å². The zero-order valence-electron chi connectivity index (χ0n) is 11.7. The van der Waals surface area contributed by atoms with Crippen LogP contribution >= 0.6 is 0 Å². The van der Waals surface area contributed by atoms with Gasteiger partial charge in [0.15, 0.2) is 5.96 Å². The van der Waals surface area contributed by atoms with Gasteiger partial charge >= 0.3 is 0 Å². The minimum Gasteiger partial charge on any atom is -0.388 e. The number of aliphatic imine (C=N–C) groups is 1. The first-order valence-electron chi connectivity index (χ1n) is 6.85. The average Bonchev–Trinajstić information content (AvgIpc) is 2.79. The molecular weight excluding hydrogens is 238 g/mol. The highest BCUT2D eigenvalue weighted by Gasteiger charge is 2.30. The van der Waals surface area contributed by atoms with Crippen LogP contribution in [0.25, 0.3) is 0 Å². The van der Waals surface area contributed by atoms with Gasteiger partial charge in [0.25, 0.3) is 0 Å². The summed E-state index contributed by atoms with van der Waals surface area (Å²) in [4.78, 5) is 4.26. The summed E-state index contributed by atoms with van der Waals surface area (Å²) in [5.74, 6) is 0.364. The summed E-state index contributed by atoms with van der Waals surface area (Å²) in [7, 11) is 0. The van der Waals surface area contributed by atoms with Crippen molar-refractivity contribution >= 4 is 11.6 Å². The van der Waals surface area contributed by atoms with Gasteiger partial charge in [0, 0.05) is 5.69 Å². The second kappa shape index (κ2) is 5.61. The maximum absolute atomic E-state index is 10.2. The van der Waals surface area contributed by atoms with Crippen LogP contribution < -0.4 is 11.1 Å². The molecule has 0 atom stereocenters. The van der Waals surface area contributed by atoms with Crippen LogP contribution in [0.15, 0.2) is 23.2 Å². The Balaban J connectivity index is 1.96. The van der Waals surface area contributed by atoms with Gasteiger partial charge in [-0.3, -0.25) is 4.99 Å². The normalized spacial score (nSPS) is 18.6. The summed E-state index contributed by atoms with van der Waals surface area (Å²) < 4.78 is 0. The highest BCUT2D eigenvalue weighted by atomic mass is 16.3. The lowest BCUT2D eigenvalue weighted by Gasteiger charge is -2.19. The first kappa shape index (κ1) is 13.9. The molecule has 1 aromatic rings. The van der Waals surface area contributed by atoms with Crippen molar-refractivity contribution in [3.05, 3.63) is 29.3 Å². The van der Waals surface area contributed by atoms with Gasteiger partial charge in [-0.2, -0.15) is 0 Å². The molecule has 1 aliphatic rings. The van der Waals surface area contributed by atoms with Crippen molar-refractivity contribution in [2.75, 3.05) is 11.9 Å². The molecule has 0 bridgehead atoms. The molecular formula is C15H23N3O. The van der Waals surface area contributed by atoms with E-state index in [1.807, 2.05) is 12.1 Å². The van der Waals surface area contributed by atoms with Crippen LogP contribution in [-0.2, 0) is 0 Å². The maximum atomic E-state index is 10.2. The maximum Gasteiger partial charge on any atom is 0.193 e. The second-order valence-corrected chi connectivity index (χ2v) is 5.56. The summed E-state index contributed by atoms with van der Waals surface area (Å²) in [6.07, 6.45) is 3.81. The molecule has 4 nitrogen and oxygen atoms in total. The van der Waals surface area contributed by atoms with Crippen molar-refractivity contribution in [2.45, 2.75) is 45.1 Å². The van der Waals surface area contributed by atoms with E-state index in [0.29, 0.717) is 12.5 Å². The first-order valence-corrected chi connectivity index (χ1v) is 6.85. The Morgan fingerprint density at radius 2 is 2.00 bits per heavy atom. The highest BCUT2D eigenvalue weighted by molar-refractivity contribution is 5.92. The number of anilines is 1. The predicted molar refractivity (Wildman–Crippen MR) is 79.4 cm³/mol. The lowest BCUT2D eigenvalue weighted by atomic mass is 10.0. The number of guanidine groups is 1. The molecule has 0 amide bonds. The number of aliphatic hydroxyl groups is 1. The van der Waals surface area contributed by atoms with Crippen molar-refractivity contribution < 1.29 is 5.11 Å². The molecule has 104 valence electrons. The van der Waals surface area contributed by atoms with E-state index in [-0.39, 0.29) is 0 Å². The van der Waals surface area contributed by atoms with Gasteiger partial charge in [0.2, 0.25) is 0 Å². The lowest BCUT2D eigenvalue weighted by Crippen LogP contribution is -2.31. The molecule has 1 fully saturated rings. The number of rotatable bonds is 3. The van der Waals surface area contributed by atoms with Crippen molar-refractivity contribution in [3.8, 4) is 0 Å². The summed E-state index contributed by atoms with van der Waals surface area (Å²) in [6, 6.07) is 6.08. The van der Waals surface area contributed by atoms with Gasteiger partial charge in [-0.25, -0.2) is 0 Å². The molecule has 0 aromatic heterocycles. The van der Waals surface area contributed by atoms with E-state index in [9.17, 15) is 5.11 Å². The summed E-state index contributed by atoms with van der Waals surface area (Å²) in [5, 5.41) is 13.3. The molecule has 1 aliphatic carbocycles. The third-order valence-electron chi connectivity index (χ3n) is 3.86.